The van der Waals surface area contributed by atoms with Gasteiger partial charge in [0.2, 0.25) is 0 Å². The van der Waals surface area contributed by atoms with Crippen molar-refractivity contribution in [3.63, 3.8) is 0 Å². The second-order valence-electron chi connectivity index (χ2n) is 3.41. The van der Waals surface area contributed by atoms with Gasteiger partial charge in [0.15, 0.2) is 9.34 Å². The lowest BCUT2D eigenvalue weighted by Gasteiger charge is -1.99. The molecule has 0 aliphatic carbocycles. The van der Waals surface area contributed by atoms with Crippen molar-refractivity contribution in [1.29, 1.82) is 0 Å². The van der Waals surface area contributed by atoms with E-state index in [0.29, 0.717) is 0 Å². The van der Waals surface area contributed by atoms with E-state index in [2.05, 4.69) is 20.5 Å². The van der Waals surface area contributed by atoms with Crippen LogP contribution in [0.2, 0.25) is 0 Å². The van der Waals surface area contributed by atoms with Crippen LogP contribution in [-0.4, -0.2) is 29.5 Å². The first-order valence-electron chi connectivity index (χ1n) is 4.88. The second-order valence-corrected chi connectivity index (χ2v) is 7.18. The van der Waals surface area contributed by atoms with Crippen molar-refractivity contribution in [3.8, 4) is 0 Å². The van der Waals surface area contributed by atoms with Crippen molar-refractivity contribution in [2.24, 2.45) is 0 Å². The molecule has 100 valence electrons. The zero-order chi connectivity index (χ0) is 14.0. The molecule has 2 rings (SSSR count). The van der Waals surface area contributed by atoms with Gasteiger partial charge in [-0.2, -0.15) is 10.2 Å². The van der Waals surface area contributed by atoms with Gasteiger partial charge in [0.05, 0.1) is 23.7 Å². The van der Waals surface area contributed by atoms with Gasteiger partial charge in [-0.15, -0.1) is 0 Å². The highest BCUT2D eigenvalue weighted by atomic mass is 35.7. The van der Waals surface area contributed by atoms with E-state index in [1.54, 1.807) is 0 Å². The molecule has 19 heavy (non-hydrogen) atoms. The molecule has 0 atom stereocenters. The maximum Gasteiger partial charge on any atom is 0.272 e. The van der Waals surface area contributed by atoms with Crippen LogP contribution >= 0.6 is 22.0 Å². The molecule has 0 aromatic carbocycles. The third kappa shape index (κ3) is 3.25. The zero-order valence-corrected chi connectivity index (χ0v) is 11.9. The summed E-state index contributed by atoms with van der Waals surface area (Å²) in [7, 11) is 1.38. The Labute approximate surface area is 117 Å². The highest BCUT2D eigenvalue weighted by Crippen LogP contribution is 2.29. The first-order chi connectivity index (χ1) is 8.88. The van der Waals surface area contributed by atoms with E-state index >= 15 is 0 Å². The van der Waals surface area contributed by atoms with Gasteiger partial charge in [0, 0.05) is 10.7 Å². The van der Waals surface area contributed by atoms with Crippen LogP contribution in [0.15, 0.2) is 22.7 Å². The Balaban J connectivity index is 2.24. The predicted molar refractivity (Wildman–Crippen MR) is 69.9 cm³/mol. The average Bonchev–Trinajstić information content (AvgIpc) is 2.71. The van der Waals surface area contributed by atoms with Gasteiger partial charge in [0.1, 0.15) is 0 Å². The van der Waals surface area contributed by atoms with Crippen LogP contribution in [0.25, 0.3) is 0 Å². The number of rotatable bonds is 3. The van der Waals surface area contributed by atoms with E-state index in [1.165, 1.54) is 25.4 Å². The minimum atomic E-state index is -3.86. The van der Waals surface area contributed by atoms with Crippen LogP contribution < -0.4 is 5.32 Å². The van der Waals surface area contributed by atoms with E-state index < -0.39 is 15.0 Å². The van der Waals surface area contributed by atoms with Crippen LogP contribution in [0.3, 0.4) is 0 Å². The first kappa shape index (κ1) is 13.8. The Morgan fingerprint density at radius 1 is 1.42 bits per heavy atom. The second kappa shape index (κ2) is 5.19. The molecule has 7 nitrogen and oxygen atoms in total. The number of carbonyl (C=O) groups excluding carboxylic acids is 1. The molecule has 2 aromatic rings. The number of thiazole rings is 1. The van der Waals surface area contributed by atoms with E-state index in [1.807, 2.05) is 0 Å². The van der Waals surface area contributed by atoms with Gasteiger partial charge in [-0.1, -0.05) is 11.3 Å². The Bertz CT molecular complexity index is 714. The number of halogens is 1. The normalized spacial score (nSPS) is 11.3. The van der Waals surface area contributed by atoms with Crippen LogP contribution in [0, 0.1) is 6.92 Å². The molecule has 0 aliphatic rings. The topological polar surface area (TPSA) is 102 Å². The Kier molecular flexibility index (Phi) is 3.78. The van der Waals surface area contributed by atoms with Gasteiger partial charge in [-0.05, 0) is 13.0 Å². The summed E-state index contributed by atoms with van der Waals surface area (Å²) in [6.07, 6.45) is 2.66. The fourth-order valence-corrected chi connectivity index (χ4v) is 3.60. The lowest BCUT2D eigenvalue weighted by Crippen LogP contribution is -2.12. The zero-order valence-electron chi connectivity index (χ0n) is 9.49. The molecule has 0 bridgehead atoms. The van der Waals surface area contributed by atoms with Gasteiger partial charge < -0.3 is 0 Å². The number of hydrogen-bond acceptors (Lipinski definition) is 7. The van der Waals surface area contributed by atoms with Crippen LogP contribution in [0.5, 0.6) is 0 Å². The molecule has 1 N–H and O–H groups in total. The van der Waals surface area contributed by atoms with Gasteiger partial charge >= 0.3 is 0 Å². The Morgan fingerprint density at radius 3 is 2.68 bits per heavy atom. The first-order valence-corrected chi connectivity index (χ1v) is 8.00. The highest BCUT2D eigenvalue weighted by molar-refractivity contribution is 8.15. The van der Waals surface area contributed by atoms with Gasteiger partial charge in [-0.25, -0.2) is 13.4 Å². The number of aryl methyl sites for hydroxylation is 1. The molecule has 0 aliphatic heterocycles. The molecule has 2 heterocycles. The van der Waals surface area contributed by atoms with Crippen molar-refractivity contribution < 1.29 is 13.2 Å². The van der Waals surface area contributed by atoms with Gasteiger partial charge in [-0.3, -0.25) is 10.1 Å². The van der Waals surface area contributed by atoms with Crippen molar-refractivity contribution in [1.82, 2.24) is 15.2 Å². The molecule has 10 heteroatoms. The Morgan fingerprint density at radius 2 is 2.16 bits per heavy atom. The molecule has 2 aromatic heterocycles. The van der Waals surface area contributed by atoms with Crippen LogP contribution in [-0.2, 0) is 9.05 Å². The van der Waals surface area contributed by atoms with E-state index in [0.717, 1.165) is 11.3 Å². The number of nitrogens with zero attached hydrogens (tertiary/aromatic N) is 3. The summed E-state index contributed by atoms with van der Waals surface area (Å²) in [5.41, 5.74) is 0.529. The van der Waals surface area contributed by atoms with Crippen LogP contribution in [0.4, 0.5) is 5.13 Å². The molecule has 0 fully saturated rings. The van der Waals surface area contributed by atoms with Crippen molar-refractivity contribution in [3.05, 3.63) is 29.7 Å². The summed E-state index contributed by atoms with van der Waals surface area (Å²) in [6, 6.07) is 1.47. The summed E-state index contributed by atoms with van der Waals surface area (Å²) in [4.78, 5) is 15.7. The van der Waals surface area contributed by atoms with Crippen LogP contribution in [0.1, 0.15) is 16.1 Å². The monoisotopic (exact) mass is 318 g/mol. The lowest BCUT2D eigenvalue weighted by atomic mass is 10.3. The molecule has 0 radical (unpaired) electrons. The minimum absolute atomic E-state index is 0.0858. The molecule has 0 saturated heterocycles. The summed E-state index contributed by atoms with van der Waals surface area (Å²) < 4.78 is 22.4. The predicted octanol–water partition coefficient (Wildman–Crippen LogP) is 1.42. The minimum Gasteiger partial charge on any atom is -0.298 e. The molecule has 0 unspecified atom stereocenters. The van der Waals surface area contributed by atoms with E-state index in [4.69, 9.17) is 10.7 Å². The fourth-order valence-electron chi connectivity index (χ4n) is 1.26. The molecule has 0 spiro atoms. The quantitative estimate of drug-likeness (QED) is 0.859. The molecule has 0 saturated carbocycles. The summed E-state index contributed by atoms with van der Waals surface area (Å²) in [5, 5.41) is 9.73. The van der Waals surface area contributed by atoms with E-state index in [-0.39, 0.29) is 20.6 Å². The smallest absolute Gasteiger partial charge is 0.272 e. The highest BCUT2D eigenvalue weighted by Gasteiger charge is 2.20. The van der Waals surface area contributed by atoms with E-state index in [9.17, 15) is 13.2 Å². The number of anilines is 1. The summed E-state index contributed by atoms with van der Waals surface area (Å²) in [6.45, 7) is 1.50. The third-order valence-corrected chi connectivity index (χ3v) is 5.29. The standard InChI is InChI=1S/C9H7ClN4O3S2/c1-5-8(19(10,16)17)18-9(13-5)14-7(15)6-2-3-11-12-4-6/h2-4H,1H3,(H,13,14,15). The summed E-state index contributed by atoms with van der Waals surface area (Å²) >= 11 is 0.790. The molecule has 1 amide bonds. The van der Waals surface area contributed by atoms with Gasteiger partial charge in [0.25, 0.3) is 15.0 Å². The third-order valence-electron chi connectivity index (χ3n) is 2.04. The van der Waals surface area contributed by atoms with Crippen molar-refractivity contribution in [2.45, 2.75) is 11.1 Å². The number of carbonyl (C=O) groups is 1. The maximum atomic E-state index is 11.8. The summed E-state index contributed by atoms with van der Waals surface area (Å²) in [5.74, 6) is -0.456. The Hall–Kier alpha value is -1.58. The number of aromatic nitrogens is 3. The number of nitrogens with one attached hydrogen (secondary N) is 1. The average molecular weight is 319 g/mol. The maximum absolute atomic E-state index is 11.8. The van der Waals surface area contributed by atoms with Crippen molar-refractivity contribution in [2.75, 3.05) is 5.32 Å². The fraction of sp³-hybridized carbons (Fsp3) is 0.111. The van der Waals surface area contributed by atoms with Crippen molar-refractivity contribution >= 4 is 42.1 Å². The lowest BCUT2D eigenvalue weighted by molar-refractivity contribution is 0.102. The molecular weight excluding hydrogens is 312 g/mol. The largest absolute Gasteiger partial charge is 0.298 e. The SMILES string of the molecule is Cc1nc(NC(=O)c2ccnnc2)sc1S(=O)(=O)Cl. The number of amides is 1. The number of hydrogen-bond donors (Lipinski definition) is 1. The molecular formula is C9H7ClN4O3S2.